The fraction of sp³-hybridized carbons (Fsp3) is 0.846. The minimum Gasteiger partial charge on any atom is -0.344 e. The molecule has 0 saturated heterocycles. The fourth-order valence-corrected chi connectivity index (χ4v) is 2.26. The van der Waals surface area contributed by atoms with Gasteiger partial charge in [-0.2, -0.15) is 0 Å². The number of hydrogen-bond donors (Lipinski definition) is 3. The molecule has 0 aromatic rings. The van der Waals surface area contributed by atoms with Gasteiger partial charge in [0.25, 0.3) is 0 Å². The second kappa shape index (κ2) is 7.99. The molecule has 6 nitrogen and oxygen atoms in total. The maximum atomic E-state index is 12.0. The van der Waals surface area contributed by atoms with Gasteiger partial charge in [-0.3, -0.25) is 10.2 Å². The number of aliphatic imine (C=N–C) groups is 1. The van der Waals surface area contributed by atoms with Gasteiger partial charge in [0.2, 0.25) is 11.9 Å². The lowest BCUT2D eigenvalue weighted by Crippen LogP contribution is -2.51. The number of carbonyl (C=O) groups excluding carboxylic acids is 1. The second-order valence-corrected chi connectivity index (χ2v) is 5.13. The first-order chi connectivity index (χ1) is 9.08. The normalized spacial score (nSPS) is 18.8. The van der Waals surface area contributed by atoms with E-state index in [1.165, 1.54) is 19.3 Å². The van der Waals surface area contributed by atoms with Crippen molar-refractivity contribution in [3.05, 3.63) is 0 Å². The Labute approximate surface area is 115 Å². The lowest BCUT2D eigenvalue weighted by molar-refractivity contribution is -0.131. The standard InChI is InChI=1S/C13H27N5O/c1-4-18(3)12(19)10(2)15-13(17-14)16-11-8-6-5-7-9-11/h10-11H,4-9,14H2,1-3H3,(H2,15,16,17). The quantitative estimate of drug-likeness (QED) is 0.302. The molecule has 1 rings (SSSR count). The van der Waals surface area contributed by atoms with Crippen molar-refractivity contribution in [1.29, 1.82) is 0 Å². The minimum atomic E-state index is -0.330. The number of guanidine groups is 1. The average Bonchev–Trinajstić information content (AvgIpc) is 2.45. The summed E-state index contributed by atoms with van der Waals surface area (Å²) in [5.41, 5.74) is 2.56. The number of carbonyl (C=O) groups is 1. The first kappa shape index (κ1) is 15.8. The molecule has 1 amide bonds. The van der Waals surface area contributed by atoms with Crippen LogP contribution in [0.2, 0.25) is 0 Å². The van der Waals surface area contributed by atoms with E-state index in [1.54, 1.807) is 11.9 Å². The number of hydrogen-bond acceptors (Lipinski definition) is 3. The zero-order valence-electron chi connectivity index (χ0n) is 12.3. The predicted octanol–water partition coefficient (Wildman–Crippen LogP) is 0.595. The summed E-state index contributed by atoms with van der Waals surface area (Å²) in [5, 5.41) is 3.05. The van der Waals surface area contributed by atoms with E-state index >= 15 is 0 Å². The van der Waals surface area contributed by atoms with Gasteiger partial charge in [0.05, 0.1) is 6.04 Å². The van der Waals surface area contributed by atoms with Gasteiger partial charge < -0.3 is 10.2 Å². The van der Waals surface area contributed by atoms with E-state index in [4.69, 9.17) is 5.84 Å². The first-order valence-corrected chi connectivity index (χ1v) is 7.14. The van der Waals surface area contributed by atoms with E-state index in [0.717, 1.165) is 12.8 Å². The van der Waals surface area contributed by atoms with Gasteiger partial charge in [0, 0.05) is 13.6 Å². The van der Waals surface area contributed by atoms with Crippen LogP contribution in [0, 0.1) is 0 Å². The second-order valence-electron chi connectivity index (χ2n) is 5.13. The largest absolute Gasteiger partial charge is 0.344 e. The van der Waals surface area contributed by atoms with E-state index < -0.39 is 0 Å². The zero-order valence-corrected chi connectivity index (χ0v) is 12.3. The lowest BCUT2D eigenvalue weighted by atomic mass is 9.96. The molecular weight excluding hydrogens is 242 g/mol. The molecule has 110 valence electrons. The van der Waals surface area contributed by atoms with Crippen LogP contribution in [-0.2, 0) is 4.79 Å². The molecule has 1 unspecified atom stereocenters. The highest BCUT2D eigenvalue weighted by molar-refractivity contribution is 5.88. The number of nitrogens with two attached hydrogens (primary N) is 1. The molecule has 0 spiro atoms. The summed E-state index contributed by atoms with van der Waals surface area (Å²) in [5.74, 6) is 6.03. The van der Waals surface area contributed by atoms with Crippen molar-refractivity contribution in [3.8, 4) is 0 Å². The Morgan fingerprint density at radius 1 is 1.42 bits per heavy atom. The van der Waals surface area contributed by atoms with Crippen molar-refractivity contribution in [2.75, 3.05) is 13.6 Å². The van der Waals surface area contributed by atoms with Crippen LogP contribution in [0.5, 0.6) is 0 Å². The van der Waals surface area contributed by atoms with Crippen molar-refractivity contribution in [2.24, 2.45) is 10.8 Å². The highest BCUT2D eigenvalue weighted by Crippen LogP contribution is 2.20. The molecule has 0 aromatic heterocycles. The summed E-state index contributed by atoms with van der Waals surface area (Å²) in [6.45, 7) is 4.46. The van der Waals surface area contributed by atoms with Crippen LogP contribution in [0.15, 0.2) is 4.99 Å². The van der Waals surface area contributed by atoms with Gasteiger partial charge in [-0.25, -0.2) is 10.8 Å². The van der Waals surface area contributed by atoms with Gasteiger partial charge in [-0.05, 0) is 26.7 Å². The Morgan fingerprint density at radius 2 is 2.05 bits per heavy atom. The van der Waals surface area contributed by atoms with E-state index in [0.29, 0.717) is 18.5 Å². The Balaban J connectivity index is 2.55. The van der Waals surface area contributed by atoms with Gasteiger partial charge in [0.15, 0.2) is 0 Å². The molecule has 4 N–H and O–H groups in total. The van der Waals surface area contributed by atoms with Crippen LogP contribution in [0.3, 0.4) is 0 Å². The summed E-state index contributed by atoms with van der Waals surface area (Å²) >= 11 is 0. The molecule has 0 aliphatic heterocycles. The maximum absolute atomic E-state index is 12.0. The van der Waals surface area contributed by atoms with Crippen LogP contribution in [0.25, 0.3) is 0 Å². The van der Waals surface area contributed by atoms with Crippen molar-refractivity contribution >= 4 is 11.9 Å². The van der Waals surface area contributed by atoms with Crippen molar-refractivity contribution in [2.45, 2.75) is 58.0 Å². The van der Waals surface area contributed by atoms with Crippen LogP contribution < -0.4 is 16.6 Å². The fourth-order valence-electron chi connectivity index (χ4n) is 2.26. The molecule has 1 fully saturated rings. The van der Waals surface area contributed by atoms with Crippen LogP contribution in [-0.4, -0.2) is 42.4 Å². The number of likely N-dealkylation sites (N-methyl/N-ethyl adjacent to an activating group) is 1. The van der Waals surface area contributed by atoms with Crippen LogP contribution in [0.4, 0.5) is 0 Å². The Kier molecular flexibility index (Phi) is 6.62. The van der Waals surface area contributed by atoms with Gasteiger partial charge in [-0.1, -0.05) is 19.3 Å². The van der Waals surface area contributed by atoms with Crippen LogP contribution >= 0.6 is 0 Å². The summed E-state index contributed by atoms with van der Waals surface area (Å²) < 4.78 is 0. The molecule has 1 aliphatic carbocycles. The highest BCUT2D eigenvalue weighted by Gasteiger charge is 2.18. The number of nitrogens with zero attached hydrogens (tertiary/aromatic N) is 2. The highest BCUT2D eigenvalue weighted by atomic mass is 16.2. The van der Waals surface area contributed by atoms with E-state index in [2.05, 4.69) is 15.7 Å². The Bertz CT molecular complexity index is 312. The Morgan fingerprint density at radius 3 is 2.58 bits per heavy atom. The van der Waals surface area contributed by atoms with Crippen molar-refractivity contribution in [1.82, 2.24) is 15.6 Å². The summed E-state index contributed by atoms with van der Waals surface area (Å²) in [6, 6.07) is -0.0122. The number of rotatable bonds is 4. The molecule has 0 radical (unpaired) electrons. The third-order valence-electron chi connectivity index (χ3n) is 3.60. The molecule has 1 saturated carbocycles. The number of hydrazine groups is 1. The van der Waals surface area contributed by atoms with E-state index in [-0.39, 0.29) is 11.9 Å². The Hall–Kier alpha value is -1.30. The zero-order chi connectivity index (χ0) is 14.3. The minimum absolute atomic E-state index is 0.0362. The molecule has 0 aromatic carbocycles. The van der Waals surface area contributed by atoms with Gasteiger partial charge in [-0.15, -0.1) is 0 Å². The number of amides is 1. The van der Waals surface area contributed by atoms with E-state index in [9.17, 15) is 4.79 Å². The first-order valence-electron chi connectivity index (χ1n) is 7.14. The third kappa shape index (κ3) is 5.06. The van der Waals surface area contributed by atoms with Crippen molar-refractivity contribution in [3.63, 3.8) is 0 Å². The van der Waals surface area contributed by atoms with Gasteiger partial charge in [0.1, 0.15) is 6.04 Å². The van der Waals surface area contributed by atoms with Crippen molar-refractivity contribution < 1.29 is 4.79 Å². The molecule has 1 atom stereocenters. The summed E-state index contributed by atoms with van der Waals surface area (Å²) in [6.07, 6.45) is 5.94. The molecule has 0 heterocycles. The van der Waals surface area contributed by atoms with E-state index in [1.807, 2.05) is 13.8 Å². The molecule has 1 aliphatic rings. The molecule has 6 heteroatoms. The predicted molar refractivity (Wildman–Crippen MR) is 77.5 cm³/mol. The smallest absolute Gasteiger partial charge is 0.244 e. The maximum Gasteiger partial charge on any atom is 0.244 e. The monoisotopic (exact) mass is 269 g/mol. The van der Waals surface area contributed by atoms with Gasteiger partial charge >= 0.3 is 0 Å². The summed E-state index contributed by atoms with van der Waals surface area (Å²) in [7, 11) is 1.79. The molecule has 19 heavy (non-hydrogen) atoms. The summed E-state index contributed by atoms with van der Waals surface area (Å²) in [4.78, 5) is 18.2. The molecule has 0 bridgehead atoms. The lowest BCUT2D eigenvalue weighted by Gasteiger charge is -2.23. The SMILES string of the molecule is CCN(C)C(=O)C(C)NC(=NC1CCCCC1)NN. The van der Waals surface area contributed by atoms with Crippen LogP contribution in [0.1, 0.15) is 46.0 Å². The third-order valence-corrected chi connectivity index (χ3v) is 3.60. The topological polar surface area (TPSA) is 82.8 Å². The average molecular weight is 269 g/mol. The molecular formula is C13H27N5O. The number of nitrogens with one attached hydrogen (secondary N) is 2.